The van der Waals surface area contributed by atoms with E-state index in [1.165, 1.54) is 23.2 Å². The Morgan fingerprint density at radius 2 is 1.88 bits per heavy atom. The van der Waals surface area contributed by atoms with E-state index in [0.717, 1.165) is 5.69 Å². The minimum atomic E-state index is -0.592. The maximum atomic E-state index is 13.3. The zero-order chi connectivity index (χ0) is 23.9. The van der Waals surface area contributed by atoms with Crippen molar-refractivity contribution in [3.05, 3.63) is 70.6 Å². The van der Waals surface area contributed by atoms with Gasteiger partial charge in [0.05, 0.1) is 17.5 Å². The normalized spacial score (nSPS) is 21.4. The number of β-lactam (4-membered cyclic amide) rings is 1. The lowest BCUT2D eigenvalue weighted by Crippen LogP contribution is -2.65. The number of nitrogens with zero attached hydrogens (tertiary/aromatic N) is 3. The molecule has 0 aliphatic carbocycles. The molecule has 0 spiro atoms. The van der Waals surface area contributed by atoms with Crippen molar-refractivity contribution in [3.8, 4) is 5.75 Å². The van der Waals surface area contributed by atoms with Crippen molar-refractivity contribution < 1.29 is 18.7 Å². The van der Waals surface area contributed by atoms with Gasteiger partial charge in [0.15, 0.2) is 5.76 Å². The van der Waals surface area contributed by atoms with Crippen LogP contribution in [0, 0.1) is 0 Å². The van der Waals surface area contributed by atoms with Crippen LogP contribution in [0.15, 0.2) is 58.0 Å². The van der Waals surface area contributed by atoms with Gasteiger partial charge in [0.25, 0.3) is 11.8 Å². The Kier molecular flexibility index (Phi) is 5.93. The fourth-order valence-corrected chi connectivity index (χ4v) is 5.34. The highest BCUT2D eigenvalue weighted by Crippen LogP contribution is 2.41. The van der Waals surface area contributed by atoms with Crippen LogP contribution in [0.4, 0.5) is 0 Å². The van der Waals surface area contributed by atoms with Crippen LogP contribution >= 0.6 is 11.3 Å². The van der Waals surface area contributed by atoms with Crippen molar-refractivity contribution in [2.24, 2.45) is 0 Å². The second-order valence-electron chi connectivity index (χ2n) is 9.92. The van der Waals surface area contributed by atoms with E-state index >= 15 is 0 Å². The lowest BCUT2D eigenvalue weighted by Gasteiger charge is -2.51. The molecule has 2 aliphatic rings. The Bertz CT molecular complexity index is 1130. The number of carbonyl (C=O) groups excluding carboxylic acids is 2. The van der Waals surface area contributed by atoms with Crippen LogP contribution in [0.3, 0.4) is 0 Å². The molecule has 0 unspecified atom stereocenters. The average Bonchev–Trinajstić information content (AvgIpc) is 3.55. The van der Waals surface area contributed by atoms with Crippen molar-refractivity contribution >= 4 is 23.2 Å². The number of hydrogen-bond acceptors (Lipinski definition) is 6. The SMILES string of the molecule is CC(C)(C)c1ccc(O[C@@H]2C(=O)N(C3CCN(C(=O)c4ccco4)CC3)[C@H]2c2cscn2)cc1. The standard InChI is InChI=1S/C26H29N3O4S/c1-26(2,3)17-6-8-19(9-7-17)33-23-22(20-15-34-16-27-20)29(25(23)31)18-10-12-28(13-11-18)24(30)21-5-4-14-32-21/h4-9,14-16,18,22-23H,10-13H2,1-3H3/t22-,23-/m0/s1. The highest BCUT2D eigenvalue weighted by Gasteiger charge is 2.54. The minimum Gasteiger partial charge on any atom is -0.478 e. The molecule has 0 bridgehead atoms. The van der Waals surface area contributed by atoms with Gasteiger partial charge in [-0.1, -0.05) is 32.9 Å². The van der Waals surface area contributed by atoms with E-state index in [9.17, 15) is 9.59 Å². The number of thiazole rings is 1. The molecule has 0 N–H and O–H groups in total. The molecule has 2 aliphatic heterocycles. The molecule has 4 heterocycles. The Hall–Kier alpha value is -3.13. The summed E-state index contributed by atoms with van der Waals surface area (Å²) in [6.07, 6.45) is 2.34. The van der Waals surface area contributed by atoms with Gasteiger partial charge in [0.2, 0.25) is 6.10 Å². The summed E-state index contributed by atoms with van der Waals surface area (Å²) in [6.45, 7) is 7.67. The number of ether oxygens (including phenoxy) is 1. The number of likely N-dealkylation sites (tertiary alicyclic amines) is 2. The predicted molar refractivity (Wildman–Crippen MR) is 129 cm³/mol. The van der Waals surface area contributed by atoms with Crippen molar-refractivity contribution in [2.75, 3.05) is 13.1 Å². The summed E-state index contributed by atoms with van der Waals surface area (Å²) in [5, 5.41) is 1.98. The molecule has 2 saturated heterocycles. The topological polar surface area (TPSA) is 75.9 Å². The summed E-state index contributed by atoms with van der Waals surface area (Å²) in [5.41, 5.74) is 3.91. The quantitative estimate of drug-likeness (QED) is 0.497. The average molecular weight is 480 g/mol. The summed E-state index contributed by atoms with van der Waals surface area (Å²) in [6, 6.07) is 11.2. The maximum absolute atomic E-state index is 13.3. The molecule has 5 rings (SSSR count). The summed E-state index contributed by atoms with van der Waals surface area (Å²) < 4.78 is 11.4. The summed E-state index contributed by atoms with van der Waals surface area (Å²) in [5.74, 6) is 0.915. The highest BCUT2D eigenvalue weighted by atomic mass is 32.1. The van der Waals surface area contributed by atoms with Gasteiger partial charge in [-0.25, -0.2) is 4.98 Å². The van der Waals surface area contributed by atoms with Crippen LogP contribution < -0.4 is 4.74 Å². The molecule has 0 saturated carbocycles. The number of amides is 2. The van der Waals surface area contributed by atoms with E-state index in [1.54, 1.807) is 22.5 Å². The van der Waals surface area contributed by atoms with Crippen LogP contribution in [0.2, 0.25) is 0 Å². The number of piperidine rings is 1. The second kappa shape index (κ2) is 8.91. The first kappa shape index (κ1) is 22.7. The number of rotatable bonds is 5. The van der Waals surface area contributed by atoms with Gasteiger partial charge in [-0.2, -0.15) is 0 Å². The third kappa shape index (κ3) is 4.22. The van der Waals surface area contributed by atoms with E-state index in [-0.39, 0.29) is 29.3 Å². The van der Waals surface area contributed by atoms with Crippen LogP contribution in [-0.4, -0.2) is 51.8 Å². The van der Waals surface area contributed by atoms with Gasteiger partial charge in [0, 0.05) is 24.5 Å². The van der Waals surface area contributed by atoms with Crippen molar-refractivity contribution in [3.63, 3.8) is 0 Å². The molecular weight excluding hydrogens is 450 g/mol. The molecule has 2 fully saturated rings. The van der Waals surface area contributed by atoms with Crippen LogP contribution in [0.1, 0.15) is 61.5 Å². The summed E-state index contributed by atoms with van der Waals surface area (Å²) in [7, 11) is 0. The molecule has 7 nitrogen and oxygen atoms in total. The minimum absolute atomic E-state index is 0.0197. The third-order valence-electron chi connectivity index (χ3n) is 6.70. The third-order valence-corrected chi connectivity index (χ3v) is 7.30. The van der Waals surface area contributed by atoms with E-state index < -0.39 is 6.10 Å². The molecule has 34 heavy (non-hydrogen) atoms. The lowest BCUT2D eigenvalue weighted by atomic mass is 9.87. The number of benzene rings is 1. The number of aromatic nitrogens is 1. The Labute approximate surface area is 203 Å². The lowest BCUT2D eigenvalue weighted by molar-refractivity contribution is -0.171. The maximum Gasteiger partial charge on any atom is 0.289 e. The van der Waals surface area contributed by atoms with Gasteiger partial charge in [-0.3, -0.25) is 9.59 Å². The van der Waals surface area contributed by atoms with Crippen LogP contribution in [0.5, 0.6) is 5.75 Å². The van der Waals surface area contributed by atoms with Gasteiger partial charge >= 0.3 is 0 Å². The molecule has 2 atom stereocenters. The van der Waals surface area contributed by atoms with E-state index in [1.807, 2.05) is 22.4 Å². The van der Waals surface area contributed by atoms with Crippen molar-refractivity contribution in [1.82, 2.24) is 14.8 Å². The number of hydrogen-bond donors (Lipinski definition) is 0. The first-order chi connectivity index (χ1) is 16.3. The van der Waals surface area contributed by atoms with Crippen LogP contribution in [-0.2, 0) is 10.2 Å². The van der Waals surface area contributed by atoms with Gasteiger partial charge in [-0.05, 0) is 48.1 Å². The first-order valence-electron chi connectivity index (χ1n) is 11.6. The van der Waals surface area contributed by atoms with Crippen molar-refractivity contribution in [1.29, 1.82) is 0 Å². The summed E-state index contributed by atoms with van der Waals surface area (Å²) >= 11 is 1.51. The fourth-order valence-electron chi connectivity index (χ4n) is 4.75. The van der Waals surface area contributed by atoms with Crippen LogP contribution in [0.25, 0.3) is 0 Å². The smallest absolute Gasteiger partial charge is 0.289 e. The molecule has 2 aromatic heterocycles. The van der Waals surface area contributed by atoms with Gasteiger partial charge in [-0.15, -0.1) is 11.3 Å². The van der Waals surface area contributed by atoms with Crippen molar-refractivity contribution in [2.45, 2.75) is 57.2 Å². The summed E-state index contributed by atoms with van der Waals surface area (Å²) in [4.78, 5) is 34.1. The Morgan fingerprint density at radius 3 is 2.47 bits per heavy atom. The Morgan fingerprint density at radius 1 is 1.15 bits per heavy atom. The molecule has 2 amide bonds. The molecule has 3 aromatic rings. The number of furan rings is 1. The molecule has 0 radical (unpaired) electrons. The zero-order valence-corrected chi connectivity index (χ0v) is 20.5. The predicted octanol–water partition coefficient (Wildman–Crippen LogP) is 4.67. The largest absolute Gasteiger partial charge is 0.478 e. The molecule has 8 heteroatoms. The fraction of sp³-hybridized carbons (Fsp3) is 0.423. The highest BCUT2D eigenvalue weighted by molar-refractivity contribution is 7.07. The molecule has 178 valence electrons. The molecule has 1 aromatic carbocycles. The van der Waals surface area contributed by atoms with E-state index in [0.29, 0.717) is 37.4 Å². The second-order valence-corrected chi connectivity index (χ2v) is 10.6. The number of carbonyl (C=O) groups is 2. The zero-order valence-electron chi connectivity index (χ0n) is 19.6. The first-order valence-corrected chi connectivity index (χ1v) is 12.6. The van der Waals surface area contributed by atoms with E-state index in [4.69, 9.17) is 9.15 Å². The molecular formula is C26H29N3O4S. The monoisotopic (exact) mass is 479 g/mol. The van der Waals surface area contributed by atoms with E-state index in [2.05, 4.69) is 37.9 Å². The van der Waals surface area contributed by atoms with Gasteiger partial charge in [0.1, 0.15) is 11.8 Å². The Balaban J connectivity index is 1.28. The van der Waals surface area contributed by atoms with Gasteiger partial charge < -0.3 is 19.0 Å².